The molecule has 17 aromatic rings. The molecule has 0 spiro atoms. The van der Waals surface area contributed by atoms with Crippen molar-refractivity contribution in [3.8, 4) is 55.9 Å². The van der Waals surface area contributed by atoms with Gasteiger partial charge in [0.1, 0.15) is 0 Å². The van der Waals surface area contributed by atoms with Crippen LogP contribution in [0.3, 0.4) is 0 Å². The summed E-state index contributed by atoms with van der Waals surface area (Å²) in [4.78, 5) is 0. The standard InChI is InChI=1S/C76H46N2Se/c1-3-21-47(22-4-1)49-41-43-68-64(45-49)51-25-15-17-38-66(51)77(68)74-57-31-11-7-27-53(57)71(54-28-8-12-32-58(54)74)61-35-20-40-70-73(61)63-37-19-36-62(76(63)79-70)72-55-29-9-13-33-59(55)75(60-34-14-10-30-56(60)72)78-67-39-18-16-26-52(67)65-46-50(42-44-69(65)78)48-23-5-2-6-24-48/h1-46H. The van der Waals surface area contributed by atoms with Crippen LogP contribution in [0, 0.1) is 0 Å². The number of hydrogen-bond acceptors (Lipinski definition) is 0. The first-order valence-electron chi connectivity index (χ1n) is 27.2. The third-order valence-electron chi connectivity index (χ3n) is 16.9. The van der Waals surface area contributed by atoms with Crippen molar-refractivity contribution >= 4 is 120 Å². The predicted octanol–water partition coefficient (Wildman–Crippen LogP) is 20.5. The molecule has 0 radical (unpaired) electrons. The summed E-state index contributed by atoms with van der Waals surface area (Å²) in [7, 11) is 0. The molecular formula is C76H46N2Se. The molecule has 14 aromatic carbocycles. The normalized spacial score (nSPS) is 12.1. The number of hydrogen-bond donors (Lipinski definition) is 0. The zero-order chi connectivity index (χ0) is 51.7. The van der Waals surface area contributed by atoms with Gasteiger partial charge in [0.05, 0.1) is 0 Å². The monoisotopic (exact) mass is 1070 g/mol. The van der Waals surface area contributed by atoms with Crippen LogP contribution in [0.5, 0.6) is 0 Å². The van der Waals surface area contributed by atoms with Crippen LogP contribution in [-0.4, -0.2) is 23.6 Å². The van der Waals surface area contributed by atoms with Gasteiger partial charge in [-0.2, -0.15) is 0 Å². The van der Waals surface area contributed by atoms with Gasteiger partial charge in [-0.25, -0.2) is 0 Å². The molecule has 366 valence electrons. The third kappa shape index (κ3) is 6.52. The van der Waals surface area contributed by atoms with Crippen molar-refractivity contribution in [2.75, 3.05) is 0 Å². The zero-order valence-corrected chi connectivity index (χ0v) is 44.6. The first kappa shape index (κ1) is 44.4. The second-order valence-corrected chi connectivity index (χ2v) is 23.2. The fourth-order valence-electron chi connectivity index (χ4n) is 13.6. The minimum absolute atomic E-state index is 0.0363. The Morgan fingerprint density at radius 1 is 0.228 bits per heavy atom. The molecule has 0 saturated carbocycles. The molecule has 3 heteroatoms. The molecule has 0 aliphatic rings. The van der Waals surface area contributed by atoms with Crippen LogP contribution in [0.15, 0.2) is 279 Å². The van der Waals surface area contributed by atoms with E-state index in [1.807, 2.05) is 0 Å². The van der Waals surface area contributed by atoms with E-state index in [1.54, 1.807) is 0 Å². The maximum absolute atomic E-state index is 2.54. The molecule has 0 bridgehead atoms. The van der Waals surface area contributed by atoms with Crippen molar-refractivity contribution in [1.82, 2.24) is 9.13 Å². The van der Waals surface area contributed by atoms with Crippen molar-refractivity contribution in [2.24, 2.45) is 0 Å². The molecule has 0 aliphatic heterocycles. The fourth-order valence-corrected chi connectivity index (χ4v) is 16.2. The Kier molecular flexibility index (Phi) is 9.76. The Morgan fingerprint density at radius 3 is 1.05 bits per heavy atom. The quantitative estimate of drug-likeness (QED) is 0.116. The molecule has 0 saturated heterocycles. The van der Waals surface area contributed by atoms with Gasteiger partial charge in [0, 0.05) is 0 Å². The van der Waals surface area contributed by atoms with Gasteiger partial charge in [-0.3, -0.25) is 0 Å². The molecule has 0 amide bonds. The van der Waals surface area contributed by atoms with Gasteiger partial charge in [0.25, 0.3) is 0 Å². The Bertz CT molecular complexity index is 5250. The minimum atomic E-state index is 0.0363. The number of aromatic nitrogens is 2. The first-order chi connectivity index (χ1) is 39.2. The summed E-state index contributed by atoms with van der Waals surface area (Å²) in [5.41, 5.74) is 17.3. The van der Waals surface area contributed by atoms with Crippen molar-refractivity contribution in [2.45, 2.75) is 0 Å². The Morgan fingerprint density at radius 2 is 0.582 bits per heavy atom. The summed E-state index contributed by atoms with van der Waals surface area (Å²) in [6.07, 6.45) is 0. The van der Waals surface area contributed by atoms with E-state index in [0.29, 0.717) is 0 Å². The molecule has 0 atom stereocenters. The van der Waals surface area contributed by atoms with Gasteiger partial charge in [-0.1, -0.05) is 60.7 Å². The molecule has 17 rings (SSSR count). The SMILES string of the molecule is c1ccc(-c2ccc3c(c2)c2ccccc2n3-c2c3ccccc3c(-c3cccc4c3[se]c3cccc(-c5c6ccccc6c(-n6c7ccccc7c7cc(-c8ccccc8)ccc76)c6ccccc56)c34)c3ccccc23)cc1. The summed E-state index contributed by atoms with van der Waals surface area (Å²) in [6, 6.07) is 104. The van der Waals surface area contributed by atoms with E-state index in [2.05, 4.69) is 288 Å². The van der Waals surface area contributed by atoms with Crippen molar-refractivity contribution < 1.29 is 0 Å². The average molecular weight is 1070 g/mol. The molecule has 3 heterocycles. The Hall–Kier alpha value is -9.76. The van der Waals surface area contributed by atoms with Gasteiger partial charge in [-0.15, -0.1) is 0 Å². The van der Waals surface area contributed by atoms with Crippen molar-refractivity contribution in [1.29, 1.82) is 0 Å². The Labute approximate surface area is 461 Å². The molecular weight excluding hydrogens is 1020 g/mol. The molecule has 3 aromatic heterocycles. The van der Waals surface area contributed by atoms with E-state index in [4.69, 9.17) is 0 Å². The van der Waals surface area contributed by atoms with E-state index in [-0.39, 0.29) is 14.5 Å². The van der Waals surface area contributed by atoms with E-state index >= 15 is 0 Å². The number of benzene rings is 14. The van der Waals surface area contributed by atoms with Crippen molar-refractivity contribution in [3.05, 3.63) is 279 Å². The zero-order valence-electron chi connectivity index (χ0n) is 42.9. The summed E-state index contributed by atoms with van der Waals surface area (Å²) >= 11 is 0.0363. The number of fused-ring (bicyclic) bond motifs is 13. The molecule has 0 N–H and O–H groups in total. The maximum atomic E-state index is 2.54. The summed E-state index contributed by atoms with van der Waals surface area (Å²) in [6.45, 7) is 0. The van der Waals surface area contributed by atoms with Crippen LogP contribution in [0.4, 0.5) is 0 Å². The van der Waals surface area contributed by atoms with E-state index in [0.717, 1.165) is 0 Å². The van der Waals surface area contributed by atoms with Gasteiger partial charge >= 0.3 is 398 Å². The van der Waals surface area contributed by atoms with Gasteiger partial charge in [-0.05, 0) is 5.56 Å². The van der Waals surface area contributed by atoms with E-state index < -0.39 is 0 Å². The van der Waals surface area contributed by atoms with Crippen LogP contribution >= 0.6 is 0 Å². The fraction of sp³-hybridized carbons (Fsp3) is 0. The molecule has 0 aliphatic carbocycles. The molecule has 0 fully saturated rings. The summed E-state index contributed by atoms with van der Waals surface area (Å²) < 4.78 is 7.94. The summed E-state index contributed by atoms with van der Waals surface area (Å²) in [5, 5.41) is 17.7. The molecule has 2 nitrogen and oxygen atoms in total. The maximum Gasteiger partial charge on any atom is -0.0544 e. The number of rotatable bonds is 6. The first-order valence-corrected chi connectivity index (χ1v) is 29.0. The predicted molar refractivity (Wildman–Crippen MR) is 339 cm³/mol. The van der Waals surface area contributed by atoms with Crippen LogP contribution in [-0.2, 0) is 0 Å². The number of nitrogens with zero attached hydrogens (tertiary/aromatic N) is 2. The largest absolute Gasteiger partial charge is 0.0617 e. The third-order valence-corrected chi connectivity index (χ3v) is 19.4. The number of para-hydroxylation sites is 2. The van der Waals surface area contributed by atoms with Crippen LogP contribution in [0.2, 0.25) is 0 Å². The minimum Gasteiger partial charge on any atom is -0.0617 e. The summed E-state index contributed by atoms with van der Waals surface area (Å²) in [5.74, 6) is 0. The van der Waals surface area contributed by atoms with Gasteiger partial charge < -0.3 is 0 Å². The molecule has 79 heavy (non-hydrogen) atoms. The van der Waals surface area contributed by atoms with E-state index in [1.165, 1.54) is 162 Å². The average Bonchev–Trinajstić information content (AvgIpc) is 4.40. The second-order valence-electron chi connectivity index (χ2n) is 21.0. The van der Waals surface area contributed by atoms with E-state index in [9.17, 15) is 0 Å². The Balaban J connectivity index is 0.900. The second kappa shape index (κ2) is 17.4. The molecule has 0 unspecified atom stereocenters. The topological polar surface area (TPSA) is 9.86 Å². The van der Waals surface area contributed by atoms with Crippen molar-refractivity contribution in [3.63, 3.8) is 0 Å². The van der Waals surface area contributed by atoms with Gasteiger partial charge in [0.2, 0.25) is 0 Å². The van der Waals surface area contributed by atoms with Crippen LogP contribution in [0.1, 0.15) is 0 Å². The van der Waals surface area contributed by atoms with Gasteiger partial charge in [0.15, 0.2) is 0 Å². The van der Waals surface area contributed by atoms with Crippen LogP contribution in [0.25, 0.3) is 162 Å². The smallest absolute Gasteiger partial charge is 0.0544 e. The van der Waals surface area contributed by atoms with Crippen LogP contribution < -0.4 is 0 Å².